The summed E-state index contributed by atoms with van der Waals surface area (Å²) < 4.78 is 10.6. The lowest BCUT2D eigenvalue weighted by Crippen LogP contribution is -2.22. The Balaban J connectivity index is 1.75. The smallest absolute Gasteiger partial charge is 0.298 e. The predicted octanol–water partition coefficient (Wildman–Crippen LogP) is 6.42. The highest BCUT2D eigenvalue weighted by Gasteiger charge is 2.27. The van der Waals surface area contributed by atoms with Gasteiger partial charge in [-0.2, -0.15) is 9.36 Å². The third-order valence-corrected chi connectivity index (χ3v) is 5.73. The first-order chi connectivity index (χ1) is 14.3. The topological polar surface area (TPSA) is 50.6 Å². The molecule has 0 spiro atoms. The number of benzene rings is 2. The molecule has 0 radical (unpaired) electrons. The van der Waals surface area contributed by atoms with E-state index in [1.54, 1.807) is 12.4 Å². The minimum absolute atomic E-state index is 0.198. The van der Waals surface area contributed by atoms with E-state index >= 15 is 0 Å². The van der Waals surface area contributed by atoms with Gasteiger partial charge in [0.1, 0.15) is 5.75 Å². The second-order valence-electron chi connectivity index (χ2n) is 7.92. The van der Waals surface area contributed by atoms with Crippen LogP contribution < -0.4 is 4.74 Å². The fourth-order valence-electron chi connectivity index (χ4n) is 2.90. The van der Waals surface area contributed by atoms with Crippen molar-refractivity contribution in [2.75, 3.05) is 13.6 Å². The predicted molar refractivity (Wildman–Crippen MR) is 126 cm³/mol. The average molecular weight is 443 g/mol. The Morgan fingerprint density at radius 2 is 1.97 bits per heavy atom. The summed E-state index contributed by atoms with van der Waals surface area (Å²) in [6.45, 7) is 9.20. The van der Waals surface area contributed by atoms with Gasteiger partial charge in [-0.25, -0.2) is 4.99 Å². The highest BCUT2D eigenvalue weighted by molar-refractivity contribution is 7.07. The zero-order valence-electron chi connectivity index (χ0n) is 18.0. The van der Waals surface area contributed by atoms with Gasteiger partial charge < -0.3 is 9.64 Å². The van der Waals surface area contributed by atoms with Gasteiger partial charge in [-0.15, -0.1) is 0 Å². The summed E-state index contributed by atoms with van der Waals surface area (Å²) in [5.41, 5.74) is 2.71. The Kier molecular flexibility index (Phi) is 7.10. The van der Waals surface area contributed by atoms with Crippen molar-refractivity contribution in [2.24, 2.45) is 4.99 Å². The minimum atomic E-state index is -0.198. The van der Waals surface area contributed by atoms with Gasteiger partial charge in [0, 0.05) is 36.6 Å². The third kappa shape index (κ3) is 5.58. The molecule has 3 aromatic rings. The van der Waals surface area contributed by atoms with Crippen LogP contribution in [0.3, 0.4) is 0 Å². The van der Waals surface area contributed by atoms with E-state index in [0.29, 0.717) is 21.7 Å². The molecule has 1 heterocycles. The van der Waals surface area contributed by atoms with Crippen molar-refractivity contribution in [3.8, 4) is 10.9 Å². The van der Waals surface area contributed by atoms with Crippen LogP contribution in [0.5, 0.6) is 10.9 Å². The van der Waals surface area contributed by atoms with Gasteiger partial charge in [0.25, 0.3) is 5.19 Å². The highest BCUT2D eigenvalue weighted by Crippen LogP contribution is 2.36. The number of aryl methyl sites for hydroxylation is 1. The fraction of sp³-hybridized carbons (Fsp3) is 0.348. The fourth-order valence-corrected chi connectivity index (χ4v) is 3.81. The van der Waals surface area contributed by atoms with Crippen molar-refractivity contribution < 1.29 is 4.74 Å². The Morgan fingerprint density at radius 3 is 2.67 bits per heavy atom. The Morgan fingerprint density at radius 1 is 1.23 bits per heavy atom. The lowest BCUT2D eigenvalue weighted by Gasteiger charge is -2.20. The van der Waals surface area contributed by atoms with E-state index in [1.165, 1.54) is 17.1 Å². The first-order valence-electron chi connectivity index (χ1n) is 9.89. The zero-order chi connectivity index (χ0) is 21.7. The number of aromatic nitrogens is 2. The van der Waals surface area contributed by atoms with E-state index in [0.717, 1.165) is 24.4 Å². The van der Waals surface area contributed by atoms with Crippen LogP contribution in [-0.4, -0.2) is 34.2 Å². The highest BCUT2D eigenvalue weighted by atomic mass is 35.5. The van der Waals surface area contributed by atoms with E-state index in [4.69, 9.17) is 16.3 Å². The molecule has 0 unspecified atom stereocenters. The van der Waals surface area contributed by atoms with Crippen molar-refractivity contribution in [3.05, 3.63) is 64.4 Å². The lowest BCUT2D eigenvalue weighted by atomic mass is 9.85. The number of ether oxygens (including phenoxy) is 1. The average Bonchev–Trinajstić information content (AvgIpc) is 3.19. The number of halogens is 1. The molecule has 3 rings (SSSR count). The van der Waals surface area contributed by atoms with Gasteiger partial charge in [-0.3, -0.25) is 0 Å². The Bertz CT molecular complexity index is 1020. The molecular formula is C23H27ClN4OS. The molecule has 5 nitrogen and oxygen atoms in total. The molecule has 30 heavy (non-hydrogen) atoms. The minimum Gasteiger partial charge on any atom is -0.430 e. The summed E-state index contributed by atoms with van der Waals surface area (Å²) in [5.74, 6) is 1.44. The maximum atomic E-state index is 6.42. The van der Waals surface area contributed by atoms with Gasteiger partial charge in [0.2, 0.25) is 0 Å². The normalized spacial score (nSPS) is 11.8. The van der Waals surface area contributed by atoms with E-state index in [1.807, 2.05) is 31.0 Å². The zero-order valence-corrected chi connectivity index (χ0v) is 19.6. The molecule has 7 heteroatoms. The summed E-state index contributed by atoms with van der Waals surface area (Å²) in [7, 11) is 1.97. The SMILES string of the molecule is CCN(C)/C=N\c1cc(C)c(Oc2nc(C(C)(C)Cc3ccccc3)ns2)cc1Cl. The summed E-state index contributed by atoms with van der Waals surface area (Å²) in [6.07, 6.45) is 2.63. The summed E-state index contributed by atoms with van der Waals surface area (Å²) in [4.78, 5) is 11.1. The van der Waals surface area contributed by atoms with E-state index < -0.39 is 0 Å². The molecule has 2 aromatic carbocycles. The van der Waals surface area contributed by atoms with Crippen molar-refractivity contribution in [3.63, 3.8) is 0 Å². The van der Waals surface area contributed by atoms with Crippen LogP contribution >= 0.6 is 23.1 Å². The second kappa shape index (κ2) is 9.58. The molecule has 0 aliphatic rings. The van der Waals surface area contributed by atoms with Gasteiger partial charge in [-0.05, 0) is 37.5 Å². The van der Waals surface area contributed by atoms with Crippen LogP contribution in [0.25, 0.3) is 0 Å². The van der Waals surface area contributed by atoms with Gasteiger partial charge >= 0.3 is 0 Å². The Hall–Kier alpha value is -2.44. The van der Waals surface area contributed by atoms with Crippen LogP contribution in [0.1, 0.15) is 37.7 Å². The van der Waals surface area contributed by atoms with Crippen LogP contribution in [0.4, 0.5) is 5.69 Å². The molecular weight excluding hydrogens is 416 g/mol. The molecule has 0 saturated heterocycles. The molecule has 0 bridgehead atoms. The lowest BCUT2D eigenvalue weighted by molar-refractivity contribution is 0.454. The monoisotopic (exact) mass is 442 g/mol. The second-order valence-corrected chi connectivity index (χ2v) is 9.04. The molecule has 0 fully saturated rings. The number of hydrogen-bond donors (Lipinski definition) is 0. The largest absolute Gasteiger partial charge is 0.430 e. The number of hydrogen-bond acceptors (Lipinski definition) is 5. The van der Waals surface area contributed by atoms with E-state index in [9.17, 15) is 0 Å². The van der Waals surface area contributed by atoms with Crippen LogP contribution in [0.2, 0.25) is 5.02 Å². The molecule has 0 aliphatic heterocycles. The summed E-state index contributed by atoms with van der Waals surface area (Å²) in [6, 6.07) is 14.1. The summed E-state index contributed by atoms with van der Waals surface area (Å²) >= 11 is 7.67. The molecule has 0 saturated carbocycles. The first kappa shape index (κ1) is 22.2. The van der Waals surface area contributed by atoms with Gasteiger partial charge in [-0.1, -0.05) is 55.8 Å². The van der Waals surface area contributed by atoms with Crippen LogP contribution in [-0.2, 0) is 11.8 Å². The van der Waals surface area contributed by atoms with E-state index in [2.05, 4.69) is 59.4 Å². The van der Waals surface area contributed by atoms with Crippen molar-refractivity contribution in [1.29, 1.82) is 0 Å². The first-order valence-corrected chi connectivity index (χ1v) is 11.0. The molecule has 0 N–H and O–H groups in total. The third-order valence-electron chi connectivity index (χ3n) is 4.84. The standard InChI is InChI=1S/C23H27ClN4OS/c1-6-28(5)15-25-19-12-16(2)20(13-18(19)24)29-22-26-21(27-30-22)23(3,4)14-17-10-8-7-9-11-17/h7-13,15H,6,14H2,1-5H3/b25-15-. The molecule has 0 amide bonds. The maximum absolute atomic E-state index is 6.42. The van der Waals surface area contributed by atoms with Crippen molar-refractivity contribution >= 4 is 35.2 Å². The number of aliphatic imine (C=N–C) groups is 1. The Labute approximate surface area is 187 Å². The molecule has 1 aromatic heterocycles. The summed E-state index contributed by atoms with van der Waals surface area (Å²) in [5, 5.41) is 1.04. The quantitative estimate of drug-likeness (QED) is 0.298. The number of nitrogens with zero attached hydrogens (tertiary/aromatic N) is 4. The molecule has 0 atom stereocenters. The maximum Gasteiger partial charge on any atom is 0.298 e. The molecule has 158 valence electrons. The van der Waals surface area contributed by atoms with E-state index in [-0.39, 0.29) is 5.41 Å². The number of rotatable bonds is 8. The van der Waals surface area contributed by atoms with Gasteiger partial charge in [0.15, 0.2) is 5.82 Å². The van der Waals surface area contributed by atoms with Gasteiger partial charge in [0.05, 0.1) is 17.0 Å². The van der Waals surface area contributed by atoms with Crippen LogP contribution in [0.15, 0.2) is 47.5 Å². The van der Waals surface area contributed by atoms with Crippen molar-refractivity contribution in [1.82, 2.24) is 14.3 Å². The van der Waals surface area contributed by atoms with Crippen molar-refractivity contribution in [2.45, 2.75) is 39.5 Å². The molecule has 0 aliphatic carbocycles. The van der Waals surface area contributed by atoms with Crippen LogP contribution in [0, 0.1) is 6.92 Å².